The van der Waals surface area contributed by atoms with Crippen molar-refractivity contribution in [3.05, 3.63) is 0 Å². The van der Waals surface area contributed by atoms with Crippen molar-refractivity contribution in [3.8, 4) is 0 Å². The molecule has 5 heteroatoms. The Balaban J connectivity index is 1.73. The predicted molar refractivity (Wildman–Crippen MR) is 74.6 cm³/mol. The summed E-state index contributed by atoms with van der Waals surface area (Å²) >= 11 is 0. The summed E-state index contributed by atoms with van der Waals surface area (Å²) in [4.78, 5) is 0. The van der Waals surface area contributed by atoms with Gasteiger partial charge in [-0.3, -0.25) is 0 Å². The topological polar surface area (TPSA) is 49.0 Å². The molecule has 114 valence electrons. The van der Waals surface area contributed by atoms with Crippen molar-refractivity contribution in [1.82, 2.24) is 5.32 Å². The number of rotatable bonds is 13. The van der Waals surface area contributed by atoms with Gasteiger partial charge < -0.3 is 24.3 Å². The van der Waals surface area contributed by atoms with Gasteiger partial charge in [0.1, 0.15) is 0 Å². The molecule has 1 rings (SSSR count). The van der Waals surface area contributed by atoms with Crippen LogP contribution >= 0.6 is 0 Å². The van der Waals surface area contributed by atoms with E-state index in [4.69, 9.17) is 18.9 Å². The molecule has 19 heavy (non-hydrogen) atoms. The molecule has 0 aromatic heterocycles. The highest BCUT2D eigenvalue weighted by molar-refractivity contribution is 4.85. The molecule has 1 aliphatic carbocycles. The SMILES string of the molecule is CCCNC1CC(OCCOCCOCCOC)C1. The molecule has 0 saturated heterocycles. The fourth-order valence-corrected chi connectivity index (χ4v) is 1.95. The zero-order valence-electron chi connectivity index (χ0n) is 12.4. The maximum atomic E-state index is 5.71. The molecule has 0 heterocycles. The molecule has 1 aliphatic rings. The van der Waals surface area contributed by atoms with E-state index in [1.54, 1.807) is 7.11 Å². The standard InChI is InChI=1S/C14H29NO4/c1-3-4-15-13-11-14(12-13)19-10-9-18-8-7-17-6-5-16-2/h13-15H,3-12H2,1-2H3. The van der Waals surface area contributed by atoms with Crippen LogP contribution in [0.4, 0.5) is 0 Å². The summed E-state index contributed by atoms with van der Waals surface area (Å²) in [6, 6.07) is 0.667. The van der Waals surface area contributed by atoms with Gasteiger partial charge in [-0.1, -0.05) is 6.92 Å². The van der Waals surface area contributed by atoms with E-state index in [0.717, 1.165) is 19.4 Å². The lowest BCUT2D eigenvalue weighted by Crippen LogP contribution is -2.45. The third kappa shape index (κ3) is 8.55. The first-order valence-electron chi connectivity index (χ1n) is 7.36. The van der Waals surface area contributed by atoms with Gasteiger partial charge in [0, 0.05) is 13.2 Å². The summed E-state index contributed by atoms with van der Waals surface area (Å²) in [6.45, 7) is 7.15. The van der Waals surface area contributed by atoms with Gasteiger partial charge in [-0.2, -0.15) is 0 Å². The monoisotopic (exact) mass is 275 g/mol. The van der Waals surface area contributed by atoms with Crippen LogP contribution in [0.3, 0.4) is 0 Å². The molecule has 0 atom stereocenters. The number of hydrogen-bond acceptors (Lipinski definition) is 5. The zero-order chi connectivity index (χ0) is 13.8. The minimum absolute atomic E-state index is 0.427. The molecular weight excluding hydrogens is 246 g/mol. The van der Waals surface area contributed by atoms with Gasteiger partial charge in [0.05, 0.1) is 45.7 Å². The lowest BCUT2D eigenvalue weighted by atomic mass is 9.89. The lowest BCUT2D eigenvalue weighted by molar-refractivity contribution is -0.0491. The van der Waals surface area contributed by atoms with Crippen molar-refractivity contribution in [2.45, 2.75) is 38.3 Å². The summed E-state index contributed by atoms with van der Waals surface area (Å²) in [5.41, 5.74) is 0. The van der Waals surface area contributed by atoms with Crippen LogP contribution in [-0.2, 0) is 18.9 Å². The lowest BCUT2D eigenvalue weighted by Gasteiger charge is -2.35. The third-order valence-corrected chi connectivity index (χ3v) is 3.16. The van der Waals surface area contributed by atoms with Crippen LogP contribution in [0, 0.1) is 0 Å². The number of methoxy groups -OCH3 is 1. The number of ether oxygens (including phenoxy) is 4. The van der Waals surface area contributed by atoms with Crippen LogP contribution in [0.15, 0.2) is 0 Å². The van der Waals surface area contributed by atoms with E-state index in [2.05, 4.69) is 12.2 Å². The fourth-order valence-electron chi connectivity index (χ4n) is 1.95. The Morgan fingerprint density at radius 3 is 2.21 bits per heavy atom. The van der Waals surface area contributed by atoms with E-state index in [0.29, 0.717) is 51.8 Å². The van der Waals surface area contributed by atoms with E-state index in [1.807, 2.05) is 0 Å². The maximum absolute atomic E-state index is 5.71. The summed E-state index contributed by atoms with van der Waals surface area (Å²) < 4.78 is 21.3. The van der Waals surface area contributed by atoms with E-state index in [1.165, 1.54) is 6.42 Å². The Morgan fingerprint density at radius 2 is 1.58 bits per heavy atom. The molecule has 0 radical (unpaired) electrons. The van der Waals surface area contributed by atoms with Crippen LogP contribution < -0.4 is 5.32 Å². The molecule has 0 bridgehead atoms. The third-order valence-electron chi connectivity index (χ3n) is 3.16. The summed E-state index contributed by atoms with van der Waals surface area (Å²) in [5, 5.41) is 3.50. The largest absolute Gasteiger partial charge is 0.382 e. The van der Waals surface area contributed by atoms with Gasteiger partial charge in [0.2, 0.25) is 0 Å². The van der Waals surface area contributed by atoms with E-state index in [-0.39, 0.29) is 0 Å². The van der Waals surface area contributed by atoms with E-state index >= 15 is 0 Å². The Hall–Kier alpha value is -0.200. The second-order valence-corrected chi connectivity index (χ2v) is 4.83. The second kappa shape index (κ2) is 11.6. The van der Waals surface area contributed by atoms with Gasteiger partial charge in [0.15, 0.2) is 0 Å². The molecule has 0 unspecified atom stereocenters. The van der Waals surface area contributed by atoms with Crippen molar-refractivity contribution < 1.29 is 18.9 Å². The van der Waals surface area contributed by atoms with Crippen LogP contribution in [0.1, 0.15) is 26.2 Å². The van der Waals surface area contributed by atoms with Gasteiger partial charge in [-0.15, -0.1) is 0 Å². The molecule has 0 aliphatic heterocycles. The molecule has 5 nitrogen and oxygen atoms in total. The molecule has 1 saturated carbocycles. The van der Waals surface area contributed by atoms with Crippen LogP contribution in [0.5, 0.6) is 0 Å². The van der Waals surface area contributed by atoms with Crippen LogP contribution in [0.25, 0.3) is 0 Å². The highest BCUT2D eigenvalue weighted by atomic mass is 16.6. The summed E-state index contributed by atoms with van der Waals surface area (Å²) in [7, 11) is 1.67. The van der Waals surface area contributed by atoms with Crippen LogP contribution in [-0.4, -0.2) is 65.4 Å². The minimum Gasteiger partial charge on any atom is -0.382 e. The Morgan fingerprint density at radius 1 is 0.947 bits per heavy atom. The van der Waals surface area contributed by atoms with Gasteiger partial charge in [-0.25, -0.2) is 0 Å². The van der Waals surface area contributed by atoms with Crippen LogP contribution in [0.2, 0.25) is 0 Å². The minimum atomic E-state index is 0.427. The first kappa shape index (κ1) is 16.9. The smallest absolute Gasteiger partial charge is 0.0704 e. The van der Waals surface area contributed by atoms with Gasteiger partial charge in [0.25, 0.3) is 0 Å². The Kier molecular flexibility index (Phi) is 10.3. The number of hydrogen-bond donors (Lipinski definition) is 1. The Labute approximate surface area is 116 Å². The fraction of sp³-hybridized carbons (Fsp3) is 1.00. The average molecular weight is 275 g/mol. The first-order chi connectivity index (χ1) is 9.36. The predicted octanol–water partition coefficient (Wildman–Crippen LogP) is 1.21. The van der Waals surface area contributed by atoms with Gasteiger partial charge >= 0.3 is 0 Å². The van der Waals surface area contributed by atoms with E-state index in [9.17, 15) is 0 Å². The average Bonchev–Trinajstić information content (AvgIpc) is 2.38. The van der Waals surface area contributed by atoms with Crippen molar-refractivity contribution in [2.24, 2.45) is 0 Å². The maximum Gasteiger partial charge on any atom is 0.0704 e. The van der Waals surface area contributed by atoms with Gasteiger partial charge in [-0.05, 0) is 25.8 Å². The molecular formula is C14H29NO4. The summed E-state index contributed by atoms with van der Waals surface area (Å²) in [5.74, 6) is 0. The van der Waals surface area contributed by atoms with Crippen molar-refractivity contribution in [3.63, 3.8) is 0 Å². The quantitative estimate of drug-likeness (QED) is 0.512. The normalized spacial score (nSPS) is 22.4. The van der Waals surface area contributed by atoms with Crippen molar-refractivity contribution in [1.29, 1.82) is 0 Å². The molecule has 0 amide bonds. The second-order valence-electron chi connectivity index (χ2n) is 4.83. The molecule has 1 fully saturated rings. The first-order valence-corrected chi connectivity index (χ1v) is 7.36. The highest BCUT2D eigenvalue weighted by Crippen LogP contribution is 2.22. The molecule has 1 N–H and O–H groups in total. The molecule has 0 spiro atoms. The highest BCUT2D eigenvalue weighted by Gasteiger charge is 2.28. The zero-order valence-corrected chi connectivity index (χ0v) is 12.4. The molecule has 0 aromatic carbocycles. The van der Waals surface area contributed by atoms with E-state index < -0.39 is 0 Å². The number of nitrogens with one attached hydrogen (secondary N) is 1. The van der Waals surface area contributed by atoms with Crippen molar-refractivity contribution in [2.75, 3.05) is 53.3 Å². The summed E-state index contributed by atoms with van der Waals surface area (Å²) in [6.07, 6.45) is 3.90. The Bertz CT molecular complexity index is 198. The molecule has 0 aromatic rings. The van der Waals surface area contributed by atoms with Crippen molar-refractivity contribution >= 4 is 0 Å².